The van der Waals surface area contributed by atoms with Crippen molar-refractivity contribution in [3.8, 4) is 0 Å². The van der Waals surface area contributed by atoms with Gasteiger partial charge in [-0.05, 0) is 5.56 Å². The average molecular weight is 247 g/mol. The van der Waals surface area contributed by atoms with Crippen molar-refractivity contribution in [2.75, 3.05) is 13.1 Å². The van der Waals surface area contributed by atoms with Crippen LogP contribution in [0.2, 0.25) is 0 Å². The summed E-state index contributed by atoms with van der Waals surface area (Å²) < 4.78 is 0. The van der Waals surface area contributed by atoms with Crippen molar-refractivity contribution in [2.24, 2.45) is 5.92 Å². The van der Waals surface area contributed by atoms with Crippen LogP contribution in [0.3, 0.4) is 0 Å². The molecule has 1 fully saturated rings. The molecule has 1 amide bonds. The predicted molar refractivity (Wildman–Crippen MR) is 67.2 cm³/mol. The number of carboxylic acids is 1. The molecule has 1 N–H and O–H groups in total. The van der Waals surface area contributed by atoms with Gasteiger partial charge in [0.05, 0.1) is 5.92 Å². The van der Waals surface area contributed by atoms with Crippen molar-refractivity contribution in [2.45, 2.75) is 19.3 Å². The van der Waals surface area contributed by atoms with E-state index < -0.39 is 11.9 Å². The molecule has 1 aliphatic rings. The Morgan fingerprint density at radius 1 is 1.28 bits per heavy atom. The predicted octanol–water partition coefficient (Wildman–Crippen LogP) is 1.72. The molecule has 0 bridgehead atoms. The highest BCUT2D eigenvalue weighted by atomic mass is 16.4. The Bertz CT molecular complexity index is 444. The van der Waals surface area contributed by atoms with Crippen LogP contribution < -0.4 is 0 Å². The molecule has 4 nitrogen and oxygen atoms in total. The molecule has 2 atom stereocenters. The first-order chi connectivity index (χ1) is 8.63. The molecule has 1 aliphatic heterocycles. The van der Waals surface area contributed by atoms with E-state index in [-0.39, 0.29) is 11.8 Å². The van der Waals surface area contributed by atoms with Gasteiger partial charge >= 0.3 is 5.97 Å². The van der Waals surface area contributed by atoms with Crippen LogP contribution >= 0.6 is 0 Å². The summed E-state index contributed by atoms with van der Waals surface area (Å²) in [5.74, 6) is -1.39. The Hall–Kier alpha value is -1.84. The van der Waals surface area contributed by atoms with Gasteiger partial charge in [0, 0.05) is 25.4 Å². The molecule has 0 spiro atoms. The average Bonchev–Trinajstić information content (AvgIpc) is 2.84. The van der Waals surface area contributed by atoms with E-state index >= 15 is 0 Å². The number of rotatable bonds is 3. The van der Waals surface area contributed by atoms with Gasteiger partial charge < -0.3 is 10.0 Å². The van der Waals surface area contributed by atoms with Crippen LogP contribution in [-0.4, -0.2) is 35.0 Å². The first kappa shape index (κ1) is 12.6. The Balaban J connectivity index is 2.23. The number of nitrogens with zero attached hydrogens (tertiary/aromatic N) is 1. The quantitative estimate of drug-likeness (QED) is 0.884. The lowest BCUT2D eigenvalue weighted by molar-refractivity contribution is -0.141. The Labute approximate surface area is 106 Å². The van der Waals surface area contributed by atoms with Crippen LogP contribution in [0.1, 0.15) is 24.8 Å². The first-order valence-corrected chi connectivity index (χ1v) is 6.19. The third-order valence-corrected chi connectivity index (χ3v) is 3.52. The maximum absolute atomic E-state index is 11.7. The molecule has 1 saturated heterocycles. The number of benzene rings is 1. The fourth-order valence-electron chi connectivity index (χ4n) is 2.52. The molecule has 0 saturated carbocycles. The number of aliphatic carboxylic acids is 1. The van der Waals surface area contributed by atoms with E-state index in [4.69, 9.17) is 0 Å². The van der Waals surface area contributed by atoms with Crippen LogP contribution in [-0.2, 0) is 9.59 Å². The second-order valence-corrected chi connectivity index (χ2v) is 4.61. The molecule has 1 aromatic rings. The van der Waals surface area contributed by atoms with E-state index in [0.29, 0.717) is 19.5 Å². The second kappa shape index (κ2) is 5.21. The van der Waals surface area contributed by atoms with Gasteiger partial charge in [-0.3, -0.25) is 9.59 Å². The fraction of sp³-hybridized carbons (Fsp3) is 0.429. The van der Waals surface area contributed by atoms with E-state index in [1.807, 2.05) is 30.3 Å². The lowest BCUT2D eigenvalue weighted by Gasteiger charge is -2.15. The van der Waals surface area contributed by atoms with Crippen molar-refractivity contribution >= 4 is 11.9 Å². The second-order valence-electron chi connectivity index (χ2n) is 4.61. The summed E-state index contributed by atoms with van der Waals surface area (Å²) in [5, 5.41) is 9.28. The van der Waals surface area contributed by atoms with Gasteiger partial charge in [0.25, 0.3) is 0 Å². The molecular formula is C14H17NO3. The molecule has 0 aromatic heterocycles. The fourth-order valence-corrected chi connectivity index (χ4v) is 2.52. The number of hydrogen-bond donors (Lipinski definition) is 1. The lowest BCUT2D eigenvalue weighted by Crippen LogP contribution is -2.29. The number of carbonyl (C=O) groups is 2. The Kier molecular flexibility index (Phi) is 3.65. The summed E-state index contributed by atoms with van der Waals surface area (Å²) in [6.07, 6.45) is 0.424. The van der Waals surface area contributed by atoms with Crippen molar-refractivity contribution in [1.82, 2.24) is 4.90 Å². The summed E-state index contributed by atoms with van der Waals surface area (Å²) in [5.41, 5.74) is 0.997. The summed E-state index contributed by atoms with van der Waals surface area (Å²) in [6, 6.07) is 9.57. The molecule has 1 aromatic carbocycles. The topological polar surface area (TPSA) is 57.6 Å². The van der Waals surface area contributed by atoms with Crippen molar-refractivity contribution in [1.29, 1.82) is 0 Å². The third-order valence-electron chi connectivity index (χ3n) is 3.52. The van der Waals surface area contributed by atoms with Gasteiger partial charge in [-0.2, -0.15) is 0 Å². The molecule has 18 heavy (non-hydrogen) atoms. The highest BCUT2D eigenvalue weighted by molar-refractivity contribution is 5.79. The standard InChI is InChI=1S/C14H17NO3/c1-2-13(16)15-8-11(12(9-15)14(17)18)10-6-4-3-5-7-10/h3-7,11-12H,2,8-9H2,1H3,(H,17,18)/t11-,12+/m1/s1. The van der Waals surface area contributed by atoms with Crippen molar-refractivity contribution < 1.29 is 14.7 Å². The van der Waals surface area contributed by atoms with Gasteiger partial charge in [-0.15, -0.1) is 0 Å². The maximum atomic E-state index is 11.7. The van der Waals surface area contributed by atoms with E-state index in [0.717, 1.165) is 5.56 Å². The number of carbonyl (C=O) groups excluding carboxylic acids is 1. The molecule has 0 radical (unpaired) electrons. The zero-order valence-electron chi connectivity index (χ0n) is 10.4. The summed E-state index contributed by atoms with van der Waals surface area (Å²) in [6.45, 7) is 2.63. The maximum Gasteiger partial charge on any atom is 0.308 e. The van der Waals surface area contributed by atoms with Crippen molar-refractivity contribution in [3.05, 3.63) is 35.9 Å². The monoisotopic (exact) mass is 247 g/mol. The summed E-state index contributed by atoms with van der Waals surface area (Å²) >= 11 is 0. The largest absolute Gasteiger partial charge is 0.481 e. The number of likely N-dealkylation sites (tertiary alicyclic amines) is 1. The van der Waals surface area contributed by atoms with E-state index in [1.165, 1.54) is 0 Å². The SMILES string of the molecule is CCC(=O)N1C[C@H](C(=O)O)[C@@H](c2ccccc2)C1. The molecular weight excluding hydrogens is 230 g/mol. The van der Waals surface area contributed by atoms with Crippen molar-refractivity contribution in [3.63, 3.8) is 0 Å². The zero-order valence-corrected chi connectivity index (χ0v) is 10.4. The van der Waals surface area contributed by atoms with E-state index in [2.05, 4.69) is 0 Å². The molecule has 1 heterocycles. The Morgan fingerprint density at radius 2 is 1.94 bits per heavy atom. The summed E-state index contributed by atoms with van der Waals surface area (Å²) in [4.78, 5) is 24.7. The van der Waals surface area contributed by atoms with Crippen LogP contribution in [0.15, 0.2) is 30.3 Å². The molecule has 4 heteroatoms. The zero-order chi connectivity index (χ0) is 13.1. The van der Waals surface area contributed by atoms with Gasteiger partial charge in [0.15, 0.2) is 0 Å². The molecule has 2 rings (SSSR count). The van der Waals surface area contributed by atoms with Crippen LogP contribution in [0, 0.1) is 5.92 Å². The molecule has 96 valence electrons. The third kappa shape index (κ3) is 2.37. The van der Waals surface area contributed by atoms with Gasteiger partial charge in [-0.25, -0.2) is 0 Å². The highest BCUT2D eigenvalue weighted by Crippen LogP contribution is 2.33. The lowest BCUT2D eigenvalue weighted by atomic mass is 9.89. The number of amides is 1. The van der Waals surface area contributed by atoms with E-state index in [9.17, 15) is 14.7 Å². The smallest absolute Gasteiger partial charge is 0.308 e. The number of carboxylic acid groups (broad SMARTS) is 1. The normalized spacial score (nSPS) is 23.1. The highest BCUT2D eigenvalue weighted by Gasteiger charge is 2.39. The minimum atomic E-state index is -0.824. The Morgan fingerprint density at radius 3 is 2.50 bits per heavy atom. The van der Waals surface area contributed by atoms with Crippen LogP contribution in [0.5, 0.6) is 0 Å². The van der Waals surface area contributed by atoms with Gasteiger partial charge in [0.2, 0.25) is 5.91 Å². The van der Waals surface area contributed by atoms with Gasteiger partial charge in [0.1, 0.15) is 0 Å². The van der Waals surface area contributed by atoms with Gasteiger partial charge in [-0.1, -0.05) is 37.3 Å². The van der Waals surface area contributed by atoms with Crippen LogP contribution in [0.25, 0.3) is 0 Å². The molecule has 0 aliphatic carbocycles. The summed E-state index contributed by atoms with van der Waals surface area (Å²) in [7, 11) is 0. The molecule has 0 unspecified atom stereocenters. The van der Waals surface area contributed by atoms with E-state index in [1.54, 1.807) is 11.8 Å². The first-order valence-electron chi connectivity index (χ1n) is 6.19. The van der Waals surface area contributed by atoms with Crippen LogP contribution in [0.4, 0.5) is 0 Å². The number of hydrogen-bond acceptors (Lipinski definition) is 2. The minimum Gasteiger partial charge on any atom is -0.481 e. The minimum absolute atomic E-state index is 0.0275.